The molecule has 0 spiro atoms. The van der Waals surface area contributed by atoms with E-state index >= 15 is 0 Å². The van der Waals surface area contributed by atoms with Crippen molar-refractivity contribution in [1.82, 2.24) is 15.5 Å². The van der Waals surface area contributed by atoms with E-state index in [2.05, 4.69) is 17.2 Å². The maximum Gasteiger partial charge on any atom is 0.389 e. The number of Topliss-reactive ketones (excluding diaryl/α,β-unsaturated/α-hetero) is 1. The number of nitrogens with two attached hydrogens (primary N) is 1. The van der Waals surface area contributed by atoms with Crippen LogP contribution in [0.3, 0.4) is 0 Å². The molecule has 0 aromatic rings. The molecule has 0 aromatic heterocycles. The first-order valence-electron chi connectivity index (χ1n) is 11.3. The van der Waals surface area contributed by atoms with Crippen molar-refractivity contribution in [3.05, 3.63) is 12.7 Å². The fourth-order valence-electron chi connectivity index (χ4n) is 4.61. The van der Waals surface area contributed by atoms with Gasteiger partial charge in [0.15, 0.2) is 0 Å². The highest BCUT2D eigenvalue weighted by Gasteiger charge is 2.69. The molecule has 1 unspecified atom stereocenters. The van der Waals surface area contributed by atoms with Crippen molar-refractivity contribution in [2.24, 2.45) is 28.4 Å². The average molecular weight is 489 g/mol. The van der Waals surface area contributed by atoms with Crippen LogP contribution in [0.25, 0.3) is 0 Å². The number of nitrogens with zero attached hydrogens (tertiary/aromatic N) is 1. The van der Waals surface area contributed by atoms with E-state index in [-0.39, 0.29) is 23.8 Å². The molecule has 11 heteroatoms. The SMILES string of the molecule is C=CCNC(=O)C(=O)C(CCC(F)(F)F)NC(=O)[C@@H]1[C@@H]2[C@H](CN1C(=O)[C@@H](N)C(C)(C)C)C2(C)C. The summed E-state index contributed by atoms with van der Waals surface area (Å²) in [5.41, 5.74) is 5.31. The number of carbonyl (C=O) groups is 4. The average Bonchev–Trinajstić information content (AvgIpc) is 3.06. The molecule has 192 valence electrons. The molecule has 2 rings (SSSR count). The maximum atomic E-state index is 13.3. The number of piperidine rings is 1. The highest BCUT2D eigenvalue weighted by molar-refractivity contribution is 6.38. The van der Waals surface area contributed by atoms with E-state index in [1.165, 1.54) is 11.0 Å². The van der Waals surface area contributed by atoms with Crippen molar-refractivity contribution in [3.8, 4) is 0 Å². The summed E-state index contributed by atoms with van der Waals surface area (Å²) in [6.45, 7) is 12.9. The number of likely N-dealkylation sites (tertiary alicyclic amines) is 1. The molecule has 1 saturated carbocycles. The Labute approximate surface area is 197 Å². The number of nitrogens with one attached hydrogen (secondary N) is 2. The van der Waals surface area contributed by atoms with E-state index in [4.69, 9.17) is 5.73 Å². The molecule has 3 amide bonds. The van der Waals surface area contributed by atoms with E-state index in [1.54, 1.807) is 20.8 Å². The summed E-state index contributed by atoms with van der Waals surface area (Å²) < 4.78 is 38.6. The molecule has 34 heavy (non-hydrogen) atoms. The smallest absolute Gasteiger partial charge is 0.346 e. The van der Waals surface area contributed by atoms with Gasteiger partial charge in [0.25, 0.3) is 5.91 Å². The molecule has 1 heterocycles. The van der Waals surface area contributed by atoms with E-state index < -0.39 is 66.1 Å². The van der Waals surface area contributed by atoms with Crippen LogP contribution in [0.1, 0.15) is 47.5 Å². The number of hydrogen-bond acceptors (Lipinski definition) is 5. The summed E-state index contributed by atoms with van der Waals surface area (Å²) >= 11 is 0. The zero-order chi connectivity index (χ0) is 26.2. The Hall–Kier alpha value is -2.43. The molecule has 5 atom stereocenters. The lowest BCUT2D eigenvalue weighted by Gasteiger charge is -2.36. The summed E-state index contributed by atoms with van der Waals surface area (Å²) in [5.74, 6) is -3.70. The second-order valence-electron chi connectivity index (χ2n) is 10.8. The Morgan fingerprint density at radius 3 is 2.29 bits per heavy atom. The fourth-order valence-corrected chi connectivity index (χ4v) is 4.61. The van der Waals surface area contributed by atoms with Gasteiger partial charge in [0, 0.05) is 19.5 Å². The van der Waals surface area contributed by atoms with Crippen molar-refractivity contribution in [2.45, 2.75) is 71.8 Å². The summed E-state index contributed by atoms with van der Waals surface area (Å²) in [4.78, 5) is 52.5. The molecule has 8 nitrogen and oxygen atoms in total. The fraction of sp³-hybridized carbons (Fsp3) is 0.739. The molecule has 4 N–H and O–H groups in total. The summed E-state index contributed by atoms with van der Waals surface area (Å²) in [5, 5.41) is 4.56. The summed E-state index contributed by atoms with van der Waals surface area (Å²) in [7, 11) is 0. The number of fused-ring (bicyclic) bond motifs is 1. The maximum absolute atomic E-state index is 13.3. The van der Waals surface area contributed by atoms with Crippen molar-refractivity contribution in [2.75, 3.05) is 13.1 Å². The summed E-state index contributed by atoms with van der Waals surface area (Å²) in [6, 6.07) is -3.57. The normalized spacial score (nSPS) is 25.1. The number of carbonyl (C=O) groups excluding carboxylic acids is 4. The largest absolute Gasteiger partial charge is 0.389 e. The van der Waals surface area contributed by atoms with Crippen LogP contribution in [0.2, 0.25) is 0 Å². The third-order valence-electron chi connectivity index (χ3n) is 6.94. The lowest BCUT2D eigenvalue weighted by molar-refractivity contribution is -0.147. The minimum atomic E-state index is -4.58. The molecule has 0 aromatic carbocycles. The Bertz CT molecular complexity index is 850. The van der Waals surface area contributed by atoms with Gasteiger partial charge in [-0.15, -0.1) is 6.58 Å². The molecule has 1 saturated heterocycles. The van der Waals surface area contributed by atoms with E-state index in [1.807, 2.05) is 13.8 Å². The van der Waals surface area contributed by atoms with Crippen LogP contribution < -0.4 is 16.4 Å². The predicted octanol–water partition coefficient (Wildman–Crippen LogP) is 1.54. The number of amides is 3. The minimum absolute atomic E-state index is 0.0274. The van der Waals surface area contributed by atoms with Crippen molar-refractivity contribution >= 4 is 23.5 Å². The van der Waals surface area contributed by atoms with E-state index in [9.17, 15) is 32.3 Å². The molecule has 0 radical (unpaired) electrons. The van der Waals surface area contributed by atoms with Crippen LogP contribution in [-0.4, -0.2) is 65.8 Å². The third kappa shape index (κ3) is 5.97. The van der Waals surface area contributed by atoms with Gasteiger partial charge in [-0.25, -0.2) is 0 Å². The van der Waals surface area contributed by atoms with Crippen LogP contribution in [0.15, 0.2) is 12.7 Å². The van der Waals surface area contributed by atoms with Gasteiger partial charge in [0.05, 0.1) is 12.1 Å². The second-order valence-corrected chi connectivity index (χ2v) is 10.8. The van der Waals surface area contributed by atoms with Gasteiger partial charge in [0.2, 0.25) is 17.6 Å². The standard InChI is InChI=1S/C23H35F3N4O4/c1-7-10-28-19(33)16(31)13(8-9-23(24,25)26)29-18(32)15-14-12(22(14,5)6)11-30(15)20(34)17(27)21(2,3)4/h7,12-15,17H,1,8-11,27H2,2-6H3,(H,28,33)(H,29,32)/t12-,13?,14-,15-,17+/m0/s1. The number of ketones is 1. The number of alkyl halides is 3. The second kappa shape index (κ2) is 9.67. The summed E-state index contributed by atoms with van der Waals surface area (Å²) in [6.07, 6.45) is -5.43. The monoisotopic (exact) mass is 488 g/mol. The molecule has 0 bridgehead atoms. The van der Waals surface area contributed by atoms with Crippen LogP contribution in [0, 0.1) is 22.7 Å². The van der Waals surface area contributed by atoms with Gasteiger partial charge in [-0.2, -0.15) is 13.2 Å². The number of rotatable bonds is 9. The molecular weight excluding hydrogens is 453 g/mol. The zero-order valence-electron chi connectivity index (χ0n) is 20.3. The van der Waals surface area contributed by atoms with Crippen molar-refractivity contribution in [3.63, 3.8) is 0 Å². The van der Waals surface area contributed by atoms with Crippen LogP contribution >= 0.6 is 0 Å². The lowest BCUT2D eigenvalue weighted by atomic mass is 9.86. The third-order valence-corrected chi connectivity index (χ3v) is 6.94. The Balaban J connectivity index is 2.27. The van der Waals surface area contributed by atoms with Gasteiger partial charge in [-0.3, -0.25) is 19.2 Å². The van der Waals surface area contributed by atoms with Crippen LogP contribution in [-0.2, 0) is 19.2 Å². The van der Waals surface area contributed by atoms with E-state index in [0.29, 0.717) is 6.54 Å². The first kappa shape index (κ1) is 27.8. The Morgan fingerprint density at radius 2 is 1.79 bits per heavy atom. The topological polar surface area (TPSA) is 122 Å². The minimum Gasteiger partial charge on any atom is -0.346 e. The van der Waals surface area contributed by atoms with Crippen LogP contribution in [0.4, 0.5) is 13.2 Å². The Kier molecular flexibility index (Phi) is 7.91. The van der Waals surface area contributed by atoms with Gasteiger partial charge >= 0.3 is 6.18 Å². The van der Waals surface area contributed by atoms with Gasteiger partial charge in [-0.05, 0) is 29.1 Å². The molecular formula is C23H35F3N4O4. The van der Waals surface area contributed by atoms with Gasteiger partial charge < -0.3 is 21.3 Å². The molecule has 1 aliphatic carbocycles. The lowest BCUT2D eigenvalue weighted by Crippen LogP contribution is -2.59. The van der Waals surface area contributed by atoms with Crippen LogP contribution in [0.5, 0.6) is 0 Å². The van der Waals surface area contributed by atoms with Gasteiger partial charge in [-0.1, -0.05) is 40.7 Å². The molecule has 1 aliphatic heterocycles. The van der Waals surface area contributed by atoms with Crippen molar-refractivity contribution in [1.29, 1.82) is 0 Å². The first-order valence-corrected chi connectivity index (χ1v) is 11.3. The van der Waals surface area contributed by atoms with E-state index in [0.717, 1.165) is 0 Å². The quantitative estimate of drug-likeness (QED) is 0.336. The Morgan fingerprint density at radius 1 is 1.21 bits per heavy atom. The van der Waals surface area contributed by atoms with Crippen molar-refractivity contribution < 1.29 is 32.3 Å². The highest BCUT2D eigenvalue weighted by Crippen LogP contribution is 2.65. The first-order chi connectivity index (χ1) is 15.4. The van der Waals surface area contributed by atoms with Gasteiger partial charge in [0.1, 0.15) is 6.04 Å². The molecule has 2 aliphatic rings. The predicted molar refractivity (Wildman–Crippen MR) is 119 cm³/mol. The number of hydrogen-bond donors (Lipinski definition) is 3. The zero-order valence-corrected chi connectivity index (χ0v) is 20.3. The molecule has 2 fully saturated rings. The highest BCUT2D eigenvalue weighted by atomic mass is 19.4. The number of halogens is 3.